The first-order valence-corrected chi connectivity index (χ1v) is 10.5. The van der Waals surface area contributed by atoms with Crippen molar-refractivity contribution in [2.45, 2.75) is 43.7 Å². The van der Waals surface area contributed by atoms with Gasteiger partial charge in [0.1, 0.15) is 0 Å². The summed E-state index contributed by atoms with van der Waals surface area (Å²) in [5.41, 5.74) is 0.494. The molecule has 1 amide bonds. The van der Waals surface area contributed by atoms with Crippen LogP contribution in [0.25, 0.3) is 0 Å². The van der Waals surface area contributed by atoms with Crippen molar-refractivity contribution in [1.82, 2.24) is 9.62 Å². The molecule has 1 saturated heterocycles. The lowest BCUT2D eigenvalue weighted by atomic mass is 10.2. The molecular formula is C18H26N3O4S+. The van der Waals surface area contributed by atoms with E-state index < -0.39 is 10.0 Å². The predicted octanol–water partition coefficient (Wildman–Crippen LogP) is -0.554. The van der Waals surface area contributed by atoms with E-state index >= 15 is 0 Å². The zero-order valence-corrected chi connectivity index (χ0v) is 16.0. The molecule has 26 heavy (non-hydrogen) atoms. The number of amides is 1. The van der Waals surface area contributed by atoms with Crippen LogP contribution in [0.1, 0.15) is 37.0 Å². The van der Waals surface area contributed by atoms with Crippen molar-refractivity contribution >= 4 is 21.7 Å². The molecule has 1 aromatic rings. The first-order valence-electron chi connectivity index (χ1n) is 9.05. The molecule has 7 nitrogen and oxygen atoms in total. The van der Waals surface area contributed by atoms with E-state index in [-0.39, 0.29) is 22.6 Å². The first-order chi connectivity index (χ1) is 12.3. The Balaban J connectivity index is 1.60. The Morgan fingerprint density at radius 1 is 1.15 bits per heavy atom. The summed E-state index contributed by atoms with van der Waals surface area (Å²) in [7, 11) is -3.57. The number of hydrogen-bond donors (Lipinski definition) is 2. The molecule has 0 aromatic heterocycles. The van der Waals surface area contributed by atoms with Crippen molar-refractivity contribution in [2.24, 2.45) is 0 Å². The molecule has 1 heterocycles. The largest absolute Gasteiger partial charge is 0.348 e. The minimum absolute atomic E-state index is 0.0543. The topological polar surface area (TPSA) is 88.0 Å². The first kappa shape index (κ1) is 19.0. The van der Waals surface area contributed by atoms with Crippen molar-refractivity contribution in [2.75, 3.05) is 26.2 Å². The van der Waals surface area contributed by atoms with Crippen molar-refractivity contribution in [3.63, 3.8) is 0 Å². The van der Waals surface area contributed by atoms with Crippen molar-refractivity contribution in [1.29, 1.82) is 0 Å². The average Bonchev–Trinajstić information content (AvgIpc) is 3.45. The molecule has 1 aliphatic carbocycles. The molecule has 0 spiro atoms. The summed E-state index contributed by atoms with van der Waals surface area (Å²) in [6.45, 7) is 5.32. The van der Waals surface area contributed by atoms with Crippen LogP contribution in [0.4, 0.5) is 0 Å². The number of carbonyl (C=O) groups is 2. The summed E-state index contributed by atoms with van der Waals surface area (Å²) < 4.78 is 27.0. The van der Waals surface area contributed by atoms with Crippen LogP contribution in [-0.4, -0.2) is 62.7 Å². The Hall–Kier alpha value is -1.77. The Morgan fingerprint density at radius 2 is 1.73 bits per heavy atom. The number of ketones is 1. The SMILES string of the molecule is CC(=O)c1ccc(S(=O)(=O)N2CC[NH+]([C@@H](C)C(=O)NC3CC3)CC2)cc1. The minimum atomic E-state index is -3.57. The summed E-state index contributed by atoms with van der Waals surface area (Å²) in [6, 6.07) is 6.22. The third-order valence-electron chi connectivity index (χ3n) is 5.19. The fourth-order valence-corrected chi connectivity index (χ4v) is 4.64. The van der Waals surface area contributed by atoms with E-state index in [0.29, 0.717) is 37.8 Å². The number of nitrogens with one attached hydrogen (secondary N) is 2. The summed E-state index contributed by atoms with van der Waals surface area (Å²) in [5.74, 6) is -0.0387. The smallest absolute Gasteiger partial charge is 0.278 e. The van der Waals surface area contributed by atoms with Crippen LogP contribution in [0.2, 0.25) is 0 Å². The van der Waals surface area contributed by atoms with E-state index in [1.165, 1.54) is 23.4 Å². The van der Waals surface area contributed by atoms with Crippen LogP contribution in [0.15, 0.2) is 29.2 Å². The van der Waals surface area contributed by atoms with Gasteiger partial charge in [0.15, 0.2) is 11.8 Å². The van der Waals surface area contributed by atoms with Crippen LogP contribution >= 0.6 is 0 Å². The van der Waals surface area contributed by atoms with Crippen molar-refractivity contribution in [3.8, 4) is 0 Å². The molecular weight excluding hydrogens is 354 g/mol. The average molecular weight is 380 g/mol. The second-order valence-corrected chi connectivity index (χ2v) is 9.09. The van der Waals surface area contributed by atoms with Gasteiger partial charge in [-0.1, -0.05) is 12.1 Å². The van der Waals surface area contributed by atoms with Gasteiger partial charge < -0.3 is 10.2 Å². The monoisotopic (exact) mass is 380 g/mol. The van der Waals surface area contributed by atoms with Crippen LogP contribution < -0.4 is 10.2 Å². The number of Topliss-reactive ketones (excluding diaryl/α,β-unsaturated/α-hetero) is 1. The fraction of sp³-hybridized carbons (Fsp3) is 0.556. The van der Waals surface area contributed by atoms with Gasteiger partial charge in [-0.25, -0.2) is 8.42 Å². The maximum atomic E-state index is 12.8. The molecule has 8 heteroatoms. The van der Waals surface area contributed by atoms with E-state index in [4.69, 9.17) is 0 Å². The molecule has 2 fully saturated rings. The molecule has 2 aliphatic rings. The van der Waals surface area contributed by atoms with E-state index in [1.807, 2.05) is 6.92 Å². The van der Waals surface area contributed by atoms with Gasteiger partial charge in [-0.15, -0.1) is 0 Å². The lowest BCUT2D eigenvalue weighted by Crippen LogP contribution is -3.19. The Kier molecular flexibility index (Phi) is 5.45. The lowest BCUT2D eigenvalue weighted by Gasteiger charge is -2.34. The van der Waals surface area contributed by atoms with E-state index in [0.717, 1.165) is 17.7 Å². The van der Waals surface area contributed by atoms with Gasteiger partial charge in [0.2, 0.25) is 10.0 Å². The number of sulfonamides is 1. The number of piperazine rings is 1. The number of hydrogen-bond acceptors (Lipinski definition) is 4. The van der Waals surface area contributed by atoms with Gasteiger partial charge >= 0.3 is 0 Å². The van der Waals surface area contributed by atoms with Crippen molar-refractivity contribution in [3.05, 3.63) is 29.8 Å². The molecule has 0 bridgehead atoms. The number of nitrogens with zero attached hydrogens (tertiary/aromatic N) is 1. The highest BCUT2D eigenvalue weighted by molar-refractivity contribution is 7.89. The third-order valence-corrected chi connectivity index (χ3v) is 7.11. The van der Waals surface area contributed by atoms with Gasteiger partial charge in [0, 0.05) is 11.6 Å². The third kappa shape index (κ3) is 4.13. The van der Waals surface area contributed by atoms with Crippen LogP contribution in [0.5, 0.6) is 0 Å². The van der Waals surface area contributed by atoms with E-state index in [9.17, 15) is 18.0 Å². The molecule has 3 rings (SSSR count). The molecule has 1 atom stereocenters. The summed E-state index contributed by atoms with van der Waals surface area (Å²) in [4.78, 5) is 24.8. The maximum Gasteiger partial charge on any atom is 0.278 e. The second-order valence-electron chi connectivity index (χ2n) is 7.15. The highest BCUT2D eigenvalue weighted by atomic mass is 32.2. The van der Waals surface area contributed by atoms with Gasteiger partial charge in [0.25, 0.3) is 5.91 Å². The number of carbonyl (C=O) groups excluding carboxylic acids is 2. The summed E-state index contributed by atoms with van der Waals surface area (Å²) in [6.07, 6.45) is 2.12. The molecule has 0 unspecified atom stereocenters. The van der Waals surface area contributed by atoms with Gasteiger partial charge in [0.05, 0.1) is 31.1 Å². The molecule has 0 radical (unpaired) electrons. The van der Waals surface area contributed by atoms with Gasteiger partial charge in [-0.05, 0) is 38.8 Å². The Morgan fingerprint density at radius 3 is 2.23 bits per heavy atom. The summed E-state index contributed by atoms with van der Waals surface area (Å²) in [5, 5.41) is 3.01. The zero-order chi connectivity index (χ0) is 18.9. The zero-order valence-electron chi connectivity index (χ0n) is 15.2. The van der Waals surface area contributed by atoms with E-state index in [1.54, 1.807) is 12.1 Å². The Labute approximate surface area is 154 Å². The van der Waals surface area contributed by atoms with Gasteiger partial charge in [-0.2, -0.15) is 4.31 Å². The number of quaternary nitrogens is 1. The highest BCUT2D eigenvalue weighted by Gasteiger charge is 2.35. The Bertz CT molecular complexity index is 779. The maximum absolute atomic E-state index is 12.8. The lowest BCUT2D eigenvalue weighted by molar-refractivity contribution is -0.917. The van der Waals surface area contributed by atoms with Crippen LogP contribution in [-0.2, 0) is 14.8 Å². The van der Waals surface area contributed by atoms with Crippen molar-refractivity contribution < 1.29 is 22.9 Å². The summed E-state index contributed by atoms with van der Waals surface area (Å²) >= 11 is 0. The molecule has 142 valence electrons. The second kappa shape index (κ2) is 7.46. The minimum Gasteiger partial charge on any atom is -0.348 e. The fourth-order valence-electron chi connectivity index (χ4n) is 3.20. The number of rotatable bonds is 6. The molecule has 1 aliphatic heterocycles. The normalized spacial score (nSPS) is 20.5. The highest BCUT2D eigenvalue weighted by Crippen LogP contribution is 2.19. The van der Waals surface area contributed by atoms with Crippen LogP contribution in [0, 0.1) is 0 Å². The number of benzene rings is 1. The molecule has 1 aromatic carbocycles. The predicted molar refractivity (Wildman–Crippen MR) is 96.5 cm³/mol. The standard InChI is InChI=1S/C18H25N3O4S/c1-13(18(23)19-16-5-6-16)20-9-11-21(12-10-20)26(24,25)17-7-3-15(4-8-17)14(2)22/h3-4,7-8,13,16H,5-6,9-12H2,1-2H3,(H,19,23)/p+1/t13-/m0/s1. The molecule has 2 N–H and O–H groups in total. The van der Waals surface area contributed by atoms with Crippen LogP contribution in [0.3, 0.4) is 0 Å². The molecule has 1 saturated carbocycles. The van der Waals surface area contributed by atoms with E-state index in [2.05, 4.69) is 5.32 Å². The quantitative estimate of drug-likeness (QED) is 0.648. The van der Waals surface area contributed by atoms with Gasteiger partial charge in [-0.3, -0.25) is 9.59 Å².